The van der Waals surface area contributed by atoms with Crippen LogP contribution in [0.15, 0.2) is 34.6 Å². The molecule has 0 aliphatic carbocycles. The van der Waals surface area contributed by atoms with E-state index < -0.39 is 0 Å². The van der Waals surface area contributed by atoms with Gasteiger partial charge in [0, 0.05) is 26.0 Å². The van der Waals surface area contributed by atoms with E-state index in [1.807, 2.05) is 33.2 Å². The van der Waals surface area contributed by atoms with E-state index in [9.17, 15) is 0 Å². The molecule has 0 aliphatic rings. The Bertz CT molecular complexity index is 669. The van der Waals surface area contributed by atoms with E-state index >= 15 is 0 Å². The number of benzene rings is 1. The maximum absolute atomic E-state index is 5.26. The van der Waals surface area contributed by atoms with Crippen molar-refractivity contribution in [2.45, 2.75) is 26.3 Å². The summed E-state index contributed by atoms with van der Waals surface area (Å²) < 4.78 is 5.26. The number of hydrogen-bond donors (Lipinski definition) is 1. The molecule has 1 aromatic carbocycles. The molecule has 1 heterocycles. The van der Waals surface area contributed by atoms with Crippen LogP contribution in [-0.4, -0.2) is 43.6 Å². The zero-order valence-corrected chi connectivity index (χ0v) is 15.7. The van der Waals surface area contributed by atoms with Crippen LogP contribution < -0.4 is 10.1 Å². The van der Waals surface area contributed by atoms with Gasteiger partial charge in [-0.15, -0.1) is 11.3 Å². The lowest BCUT2D eigenvalue weighted by Gasteiger charge is -2.21. The summed E-state index contributed by atoms with van der Waals surface area (Å²) in [5.74, 6) is 1.81. The number of aryl methyl sites for hydroxylation is 2. The first kappa shape index (κ1) is 18.3. The van der Waals surface area contributed by atoms with Crippen LogP contribution in [0.25, 0.3) is 0 Å². The number of aliphatic imine (C=N–C) groups is 1. The van der Waals surface area contributed by atoms with Gasteiger partial charge in [-0.3, -0.25) is 4.99 Å². The van der Waals surface area contributed by atoms with Crippen molar-refractivity contribution < 1.29 is 4.74 Å². The van der Waals surface area contributed by atoms with Crippen LogP contribution in [0.4, 0.5) is 0 Å². The van der Waals surface area contributed by atoms with Crippen LogP contribution >= 0.6 is 11.3 Å². The minimum Gasteiger partial charge on any atom is -0.497 e. The minimum absolute atomic E-state index is 0.764. The highest BCUT2D eigenvalue weighted by Gasteiger charge is 2.08. The van der Waals surface area contributed by atoms with E-state index in [1.54, 1.807) is 18.4 Å². The van der Waals surface area contributed by atoms with E-state index in [-0.39, 0.29) is 0 Å². The van der Waals surface area contributed by atoms with Crippen molar-refractivity contribution in [1.29, 1.82) is 0 Å². The first-order valence-electron chi connectivity index (χ1n) is 8.08. The van der Waals surface area contributed by atoms with Crippen molar-refractivity contribution in [3.8, 4) is 5.75 Å². The maximum atomic E-state index is 5.26. The SMILES string of the molecule is CN=C(NCCCc1cccc(OC)c1)N(C)Cc1csc(C)n1. The van der Waals surface area contributed by atoms with Crippen molar-refractivity contribution in [3.05, 3.63) is 45.9 Å². The number of nitrogens with zero attached hydrogens (tertiary/aromatic N) is 3. The molecule has 0 bridgehead atoms. The number of aromatic nitrogens is 1. The summed E-state index contributed by atoms with van der Waals surface area (Å²) in [6.07, 6.45) is 2.05. The molecule has 1 N–H and O–H groups in total. The van der Waals surface area contributed by atoms with Gasteiger partial charge in [-0.2, -0.15) is 0 Å². The molecule has 0 radical (unpaired) electrons. The smallest absolute Gasteiger partial charge is 0.193 e. The average molecular weight is 347 g/mol. The summed E-state index contributed by atoms with van der Waals surface area (Å²) in [6.45, 7) is 3.67. The monoisotopic (exact) mass is 346 g/mol. The van der Waals surface area contributed by atoms with Gasteiger partial charge in [0.1, 0.15) is 5.75 Å². The van der Waals surface area contributed by atoms with Gasteiger partial charge in [-0.05, 0) is 37.5 Å². The molecule has 0 aliphatic heterocycles. The molecule has 0 saturated carbocycles. The van der Waals surface area contributed by atoms with Gasteiger partial charge in [-0.1, -0.05) is 12.1 Å². The summed E-state index contributed by atoms with van der Waals surface area (Å²) in [6, 6.07) is 8.22. The Kier molecular flexibility index (Phi) is 7.06. The van der Waals surface area contributed by atoms with Crippen molar-refractivity contribution in [3.63, 3.8) is 0 Å². The quantitative estimate of drug-likeness (QED) is 0.475. The lowest BCUT2D eigenvalue weighted by Crippen LogP contribution is -2.39. The van der Waals surface area contributed by atoms with Crippen LogP contribution in [0, 0.1) is 6.92 Å². The number of methoxy groups -OCH3 is 1. The molecule has 2 aromatic rings. The Morgan fingerprint density at radius 3 is 2.92 bits per heavy atom. The molecule has 0 spiro atoms. The Hall–Kier alpha value is -2.08. The van der Waals surface area contributed by atoms with Crippen LogP contribution in [0.5, 0.6) is 5.75 Å². The highest BCUT2D eigenvalue weighted by molar-refractivity contribution is 7.09. The Morgan fingerprint density at radius 2 is 2.25 bits per heavy atom. The van der Waals surface area contributed by atoms with Crippen LogP contribution in [0.2, 0.25) is 0 Å². The zero-order chi connectivity index (χ0) is 17.4. The van der Waals surface area contributed by atoms with Gasteiger partial charge in [0.15, 0.2) is 5.96 Å². The number of rotatable bonds is 7. The third kappa shape index (κ3) is 5.53. The molecule has 24 heavy (non-hydrogen) atoms. The van der Waals surface area contributed by atoms with E-state index in [2.05, 4.69) is 37.7 Å². The Balaban J connectivity index is 1.76. The lowest BCUT2D eigenvalue weighted by molar-refractivity contribution is 0.414. The third-order valence-electron chi connectivity index (χ3n) is 3.70. The van der Waals surface area contributed by atoms with Crippen LogP contribution in [-0.2, 0) is 13.0 Å². The molecule has 0 unspecified atom stereocenters. The summed E-state index contributed by atoms with van der Waals surface area (Å²) in [5, 5.41) is 6.61. The molecular formula is C18H26N4OS. The van der Waals surface area contributed by atoms with Crippen LogP contribution in [0.3, 0.4) is 0 Å². The Morgan fingerprint density at radius 1 is 1.42 bits per heavy atom. The molecule has 6 heteroatoms. The van der Waals surface area contributed by atoms with Crippen molar-refractivity contribution in [1.82, 2.24) is 15.2 Å². The molecule has 0 atom stereocenters. The zero-order valence-electron chi connectivity index (χ0n) is 14.9. The summed E-state index contributed by atoms with van der Waals surface area (Å²) >= 11 is 1.68. The molecule has 0 fully saturated rings. The molecular weight excluding hydrogens is 320 g/mol. The number of thiazole rings is 1. The van der Waals surface area contributed by atoms with Crippen LogP contribution in [0.1, 0.15) is 22.7 Å². The summed E-state index contributed by atoms with van der Waals surface area (Å²) in [7, 11) is 5.55. The van der Waals surface area contributed by atoms with Gasteiger partial charge in [-0.25, -0.2) is 4.98 Å². The Labute approximate surface area is 148 Å². The molecule has 1 aromatic heterocycles. The van der Waals surface area contributed by atoms with Gasteiger partial charge in [0.25, 0.3) is 0 Å². The number of hydrogen-bond acceptors (Lipinski definition) is 4. The largest absolute Gasteiger partial charge is 0.497 e. The highest BCUT2D eigenvalue weighted by Crippen LogP contribution is 2.13. The summed E-state index contributed by atoms with van der Waals surface area (Å²) in [4.78, 5) is 10.9. The number of guanidine groups is 1. The fraction of sp³-hybridized carbons (Fsp3) is 0.444. The minimum atomic E-state index is 0.764. The van der Waals surface area contributed by atoms with E-state index in [0.717, 1.165) is 48.3 Å². The standard InChI is InChI=1S/C18H26N4OS/c1-14-21-16(13-24-14)12-22(3)18(19-2)20-10-6-8-15-7-5-9-17(11-15)23-4/h5,7,9,11,13H,6,8,10,12H2,1-4H3,(H,19,20). The number of nitrogens with one attached hydrogen (secondary N) is 1. The van der Waals surface area contributed by atoms with Gasteiger partial charge in [0.2, 0.25) is 0 Å². The maximum Gasteiger partial charge on any atom is 0.193 e. The third-order valence-corrected chi connectivity index (χ3v) is 4.52. The lowest BCUT2D eigenvalue weighted by atomic mass is 10.1. The van der Waals surface area contributed by atoms with E-state index in [1.165, 1.54) is 5.56 Å². The predicted molar refractivity (Wildman–Crippen MR) is 101 cm³/mol. The second-order valence-electron chi connectivity index (χ2n) is 5.64. The summed E-state index contributed by atoms with van der Waals surface area (Å²) in [5.41, 5.74) is 2.37. The second-order valence-corrected chi connectivity index (χ2v) is 6.71. The van der Waals surface area contributed by atoms with Gasteiger partial charge in [0.05, 0.1) is 24.4 Å². The first-order chi connectivity index (χ1) is 11.6. The van der Waals surface area contributed by atoms with E-state index in [0.29, 0.717) is 0 Å². The average Bonchev–Trinajstić information content (AvgIpc) is 2.99. The van der Waals surface area contributed by atoms with Crippen molar-refractivity contribution in [2.24, 2.45) is 4.99 Å². The molecule has 0 saturated heterocycles. The molecule has 5 nitrogen and oxygen atoms in total. The van der Waals surface area contributed by atoms with Gasteiger partial charge >= 0.3 is 0 Å². The fourth-order valence-electron chi connectivity index (χ4n) is 2.50. The molecule has 130 valence electrons. The molecule has 0 amide bonds. The fourth-order valence-corrected chi connectivity index (χ4v) is 3.11. The normalized spacial score (nSPS) is 11.4. The topological polar surface area (TPSA) is 49.8 Å². The van der Waals surface area contributed by atoms with Crippen molar-refractivity contribution >= 4 is 17.3 Å². The van der Waals surface area contributed by atoms with Crippen molar-refractivity contribution in [2.75, 3.05) is 27.7 Å². The molecule has 2 rings (SSSR count). The highest BCUT2D eigenvalue weighted by atomic mass is 32.1. The first-order valence-corrected chi connectivity index (χ1v) is 8.96. The van der Waals surface area contributed by atoms with E-state index in [4.69, 9.17) is 4.74 Å². The second kappa shape index (κ2) is 9.27. The number of ether oxygens (including phenoxy) is 1. The van der Waals surface area contributed by atoms with Gasteiger partial charge < -0.3 is 15.0 Å². The predicted octanol–water partition coefficient (Wildman–Crippen LogP) is 3.10.